The van der Waals surface area contributed by atoms with Crippen molar-refractivity contribution >= 4 is 0 Å². The molecule has 2 spiro atoms. The van der Waals surface area contributed by atoms with Gasteiger partial charge in [-0.1, -0.05) is 45.9 Å². The van der Waals surface area contributed by atoms with E-state index in [2.05, 4.69) is 40.3 Å². The normalized spacial score (nSPS) is 47.9. The molecular weight excluding hydrogens is 396 g/mol. The van der Waals surface area contributed by atoms with Crippen molar-refractivity contribution in [2.24, 2.45) is 45.3 Å². The van der Waals surface area contributed by atoms with Gasteiger partial charge in [-0.15, -0.1) is 0 Å². The maximum absolute atomic E-state index is 10.8. The van der Waals surface area contributed by atoms with Crippen molar-refractivity contribution in [3.05, 3.63) is 23.8 Å². The van der Waals surface area contributed by atoms with Crippen LogP contribution < -0.4 is 0 Å². The van der Waals surface area contributed by atoms with Crippen LogP contribution in [0.3, 0.4) is 0 Å². The molecule has 0 amide bonds. The minimum Gasteiger partial charge on any atom is -0.392 e. The van der Waals surface area contributed by atoms with Gasteiger partial charge >= 0.3 is 0 Å². The SMILES string of the molecule is C=C(C)C(CCC(C)C1CCC2C3CC=C4C(C)(C)C(O)CCC45CC35CCC12C)OO. The van der Waals surface area contributed by atoms with Gasteiger partial charge in [0.25, 0.3) is 0 Å². The third kappa shape index (κ3) is 2.89. The van der Waals surface area contributed by atoms with Crippen LogP contribution >= 0.6 is 0 Å². The zero-order valence-electron chi connectivity index (χ0n) is 21.1. The summed E-state index contributed by atoms with van der Waals surface area (Å²) in [5.74, 6) is 3.13. The van der Waals surface area contributed by atoms with Gasteiger partial charge in [0.15, 0.2) is 0 Å². The molecule has 3 nitrogen and oxygen atoms in total. The van der Waals surface area contributed by atoms with Crippen LogP contribution in [0.5, 0.6) is 0 Å². The molecule has 0 bridgehead atoms. The molecule has 0 aliphatic heterocycles. The molecule has 180 valence electrons. The van der Waals surface area contributed by atoms with Crippen LogP contribution in [-0.4, -0.2) is 22.6 Å². The Bertz CT molecular complexity index is 813. The lowest BCUT2D eigenvalue weighted by molar-refractivity contribution is -0.270. The Balaban J connectivity index is 1.35. The highest BCUT2D eigenvalue weighted by atomic mass is 17.1. The summed E-state index contributed by atoms with van der Waals surface area (Å²) in [4.78, 5) is 4.70. The van der Waals surface area contributed by atoms with E-state index in [0.717, 1.165) is 42.6 Å². The van der Waals surface area contributed by atoms with Gasteiger partial charge < -0.3 is 5.11 Å². The number of hydrogen-bond acceptors (Lipinski definition) is 3. The van der Waals surface area contributed by atoms with Gasteiger partial charge in [-0.25, -0.2) is 4.89 Å². The molecule has 0 radical (unpaired) electrons. The molecule has 32 heavy (non-hydrogen) atoms. The van der Waals surface area contributed by atoms with Crippen molar-refractivity contribution in [2.45, 2.75) is 111 Å². The summed E-state index contributed by atoms with van der Waals surface area (Å²) in [6.07, 6.45) is 14.5. The van der Waals surface area contributed by atoms with Crippen molar-refractivity contribution in [1.29, 1.82) is 0 Å². The first-order chi connectivity index (χ1) is 15.0. The van der Waals surface area contributed by atoms with Gasteiger partial charge in [0.2, 0.25) is 0 Å². The maximum atomic E-state index is 10.8. The molecule has 4 fully saturated rings. The summed E-state index contributed by atoms with van der Waals surface area (Å²) >= 11 is 0. The average molecular weight is 443 g/mol. The summed E-state index contributed by atoms with van der Waals surface area (Å²) in [6.45, 7) is 15.6. The fourth-order valence-electron chi connectivity index (χ4n) is 10.1. The summed E-state index contributed by atoms with van der Waals surface area (Å²) < 4.78 is 0. The van der Waals surface area contributed by atoms with Gasteiger partial charge in [0.1, 0.15) is 6.10 Å². The Labute approximate surface area is 195 Å². The lowest BCUT2D eigenvalue weighted by Crippen LogP contribution is -2.50. The number of allylic oxidation sites excluding steroid dienone is 1. The summed E-state index contributed by atoms with van der Waals surface area (Å²) in [5.41, 5.74) is 3.89. The van der Waals surface area contributed by atoms with Gasteiger partial charge in [0, 0.05) is 5.41 Å². The molecule has 3 heteroatoms. The zero-order valence-corrected chi connectivity index (χ0v) is 21.1. The van der Waals surface area contributed by atoms with Gasteiger partial charge in [-0.3, -0.25) is 5.26 Å². The number of fused-ring (bicyclic) bond motifs is 2. The van der Waals surface area contributed by atoms with Crippen LogP contribution in [0.2, 0.25) is 0 Å². The summed E-state index contributed by atoms with van der Waals surface area (Å²) in [7, 11) is 0. The number of rotatable bonds is 6. The molecule has 0 saturated heterocycles. The Hall–Kier alpha value is -0.640. The molecule has 0 aromatic carbocycles. The third-order valence-corrected chi connectivity index (χ3v) is 11.9. The van der Waals surface area contributed by atoms with Crippen LogP contribution in [-0.2, 0) is 4.89 Å². The third-order valence-electron chi connectivity index (χ3n) is 11.9. The molecule has 5 aliphatic rings. The van der Waals surface area contributed by atoms with Crippen LogP contribution in [0.15, 0.2) is 23.8 Å². The predicted molar refractivity (Wildman–Crippen MR) is 129 cm³/mol. The summed E-state index contributed by atoms with van der Waals surface area (Å²) in [6, 6.07) is 0. The monoisotopic (exact) mass is 442 g/mol. The Kier molecular flexibility index (Phi) is 5.37. The van der Waals surface area contributed by atoms with Crippen LogP contribution in [0.4, 0.5) is 0 Å². The minimum absolute atomic E-state index is 0.0468. The van der Waals surface area contributed by atoms with Crippen molar-refractivity contribution in [2.75, 3.05) is 0 Å². The van der Waals surface area contributed by atoms with Gasteiger partial charge in [0.05, 0.1) is 6.10 Å². The zero-order chi connectivity index (χ0) is 23.1. The van der Waals surface area contributed by atoms with E-state index in [1.807, 2.05) is 6.92 Å². The molecule has 9 atom stereocenters. The predicted octanol–water partition coefficient (Wildman–Crippen LogP) is 7.17. The highest BCUT2D eigenvalue weighted by Crippen LogP contribution is 2.85. The molecule has 0 aromatic rings. The topological polar surface area (TPSA) is 49.7 Å². The van der Waals surface area contributed by atoms with Gasteiger partial charge in [-0.2, -0.15) is 0 Å². The Morgan fingerprint density at radius 2 is 1.88 bits per heavy atom. The highest BCUT2D eigenvalue weighted by molar-refractivity contribution is 5.43. The molecule has 2 N–H and O–H groups in total. The van der Waals surface area contributed by atoms with Crippen molar-refractivity contribution in [3.63, 3.8) is 0 Å². The Morgan fingerprint density at radius 1 is 1.12 bits per heavy atom. The van der Waals surface area contributed by atoms with E-state index in [4.69, 9.17) is 4.89 Å². The number of aliphatic hydroxyl groups excluding tert-OH is 1. The molecule has 4 saturated carbocycles. The quantitative estimate of drug-likeness (QED) is 0.260. The minimum atomic E-state index is -0.227. The van der Waals surface area contributed by atoms with Crippen LogP contribution in [0, 0.1) is 45.3 Å². The van der Waals surface area contributed by atoms with Crippen LogP contribution in [0.25, 0.3) is 0 Å². The van der Waals surface area contributed by atoms with Gasteiger partial charge in [-0.05, 0) is 117 Å². The summed E-state index contributed by atoms with van der Waals surface area (Å²) in [5, 5.41) is 20.0. The van der Waals surface area contributed by atoms with Crippen LogP contribution in [0.1, 0.15) is 98.8 Å². The molecular formula is C29H46O3. The van der Waals surface area contributed by atoms with E-state index in [-0.39, 0.29) is 17.6 Å². The van der Waals surface area contributed by atoms with E-state index in [9.17, 15) is 10.4 Å². The molecule has 0 heterocycles. The van der Waals surface area contributed by atoms with E-state index in [0.29, 0.717) is 22.2 Å². The maximum Gasteiger partial charge on any atom is 0.113 e. The molecule has 5 rings (SSSR count). The Morgan fingerprint density at radius 3 is 2.56 bits per heavy atom. The van der Waals surface area contributed by atoms with Crippen molar-refractivity contribution in [3.8, 4) is 0 Å². The fraction of sp³-hybridized carbons (Fsp3) is 0.862. The largest absolute Gasteiger partial charge is 0.392 e. The lowest BCUT2D eigenvalue weighted by Gasteiger charge is -2.56. The fourth-order valence-corrected chi connectivity index (χ4v) is 10.1. The number of aliphatic hydroxyl groups is 1. The molecule has 5 aliphatic carbocycles. The highest BCUT2D eigenvalue weighted by Gasteiger charge is 2.78. The lowest BCUT2D eigenvalue weighted by atomic mass is 9.49. The second kappa shape index (κ2) is 7.43. The first-order valence-corrected chi connectivity index (χ1v) is 13.4. The second-order valence-corrected chi connectivity index (χ2v) is 13.4. The van der Waals surface area contributed by atoms with Crippen molar-refractivity contribution < 1.29 is 15.3 Å². The van der Waals surface area contributed by atoms with E-state index in [1.54, 1.807) is 5.57 Å². The molecule has 9 unspecified atom stereocenters. The number of hydrogen-bond donors (Lipinski definition) is 2. The first-order valence-electron chi connectivity index (χ1n) is 13.4. The standard InChI is InChI=1S/C29H46O3/c1-18(2)23(32-31)11-7-19(3)20-8-9-21-22-10-12-24-26(4,5)25(30)13-14-29(24)17-28(22,29)16-15-27(20,21)6/h12,19-23,25,30-31H,1,7-11,13-17H2,2-6H3. The first kappa shape index (κ1) is 23.1. The molecule has 0 aromatic heterocycles. The smallest absolute Gasteiger partial charge is 0.113 e. The van der Waals surface area contributed by atoms with E-state index in [1.165, 1.54) is 44.9 Å². The second-order valence-electron chi connectivity index (χ2n) is 13.4. The van der Waals surface area contributed by atoms with E-state index >= 15 is 0 Å². The van der Waals surface area contributed by atoms with Crippen molar-refractivity contribution in [1.82, 2.24) is 0 Å². The van der Waals surface area contributed by atoms with E-state index < -0.39 is 0 Å². The average Bonchev–Trinajstić information content (AvgIpc) is 3.28.